The average molecular weight is 219 g/mol. The van der Waals surface area contributed by atoms with Crippen LogP contribution in [0.15, 0.2) is 24.5 Å². The smallest absolute Gasteiger partial charge is 0.102 e. The second-order valence-electron chi connectivity index (χ2n) is 4.20. The van der Waals surface area contributed by atoms with E-state index in [2.05, 4.69) is 4.98 Å². The van der Waals surface area contributed by atoms with Crippen molar-refractivity contribution in [3.63, 3.8) is 0 Å². The number of aromatic nitrogens is 2. The normalized spacial score (nSPS) is 15.2. The van der Waals surface area contributed by atoms with Gasteiger partial charge in [-0.15, -0.1) is 0 Å². The number of imidazole rings is 1. The molecule has 0 radical (unpaired) electrons. The molecule has 4 heteroatoms. The molecular weight excluding hydrogens is 202 g/mol. The van der Waals surface area contributed by atoms with Gasteiger partial charge in [0.2, 0.25) is 0 Å². The van der Waals surface area contributed by atoms with Gasteiger partial charge < -0.3 is 15.0 Å². The Bertz CT molecular complexity index is 500. The number of benzene rings is 1. The first-order chi connectivity index (χ1) is 7.60. The third kappa shape index (κ3) is 1.60. The van der Waals surface area contributed by atoms with Crippen molar-refractivity contribution in [2.24, 2.45) is 12.8 Å². The number of fused-ring (bicyclic) bond motifs is 1. The summed E-state index contributed by atoms with van der Waals surface area (Å²) in [6.45, 7) is 2.43. The molecule has 0 saturated carbocycles. The topological polar surface area (TPSA) is 53.1 Å². The van der Waals surface area contributed by atoms with E-state index < -0.39 is 5.60 Å². The number of hydrogen-bond donors (Lipinski definition) is 1. The summed E-state index contributed by atoms with van der Waals surface area (Å²) < 4.78 is 7.46. The molecular formula is C12H17N3O. The van der Waals surface area contributed by atoms with E-state index in [1.165, 1.54) is 0 Å². The zero-order valence-corrected chi connectivity index (χ0v) is 9.90. The first-order valence-corrected chi connectivity index (χ1v) is 5.27. The highest BCUT2D eigenvalue weighted by Crippen LogP contribution is 2.26. The Labute approximate surface area is 95.0 Å². The Morgan fingerprint density at radius 1 is 1.50 bits per heavy atom. The zero-order valence-electron chi connectivity index (χ0n) is 9.90. The second kappa shape index (κ2) is 3.88. The van der Waals surface area contributed by atoms with Crippen molar-refractivity contribution >= 4 is 11.0 Å². The monoisotopic (exact) mass is 219 g/mol. The first kappa shape index (κ1) is 11.1. The van der Waals surface area contributed by atoms with Crippen molar-refractivity contribution in [3.05, 3.63) is 30.1 Å². The van der Waals surface area contributed by atoms with E-state index in [1.54, 1.807) is 13.4 Å². The largest absolute Gasteiger partial charge is 0.372 e. The highest BCUT2D eigenvalue weighted by Gasteiger charge is 2.24. The van der Waals surface area contributed by atoms with Crippen molar-refractivity contribution in [1.82, 2.24) is 9.55 Å². The molecule has 1 aromatic carbocycles. The van der Waals surface area contributed by atoms with Gasteiger partial charge >= 0.3 is 0 Å². The Kier molecular flexibility index (Phi) is 2.69. The molecule has 2 aromatic rings. The molecule has 0 saturated heterocycles. The average Bonchev–Trinajstić information content (AvgIpc) is 2.69. The van der Waals surface area contributed by atoms with E-state index in [4.69, 9.17) is 10.5 Å². The molecule has 0 amide bonds. The number of methoxy groups -OCH3 is 1. The lowest BCUT2D eigenvalue weighted by Crippen LogP contribution is -2.33. The minimum Gasteiger partial charge on any atom is -0.372 e. The molecule has 2 N–H and O–H groups in total. The summed E-state index contributed by atoms with van der Waals surface area (Å²) in [5.41, 5.74) is 8.45. The van der Waals surface area contributed by atoms with Gasteiger partial charge in [0, 0.05) is 20.7 Å². The third-order valence-corrected chi connectivity index (χ3v) is 3.18. The predicted octanol–water partition coefficient (Wildman–Crippen LogP) is 1.39. The van der Waals surface area contributed by atoms with E-state index in [0.29, 0.717) is 6.54 Å². The highest BCUT2D eigenvalue weighted by molar-refractivity contribution is 5.76. The number of ether oxygens (including phenoxy) is 1. The minimum atomic E-state index is -0.439. The third-order valence-electron chi connectivity index (χ3n) is 3.18. The summed E-state index contributed by atoms with van der Waals surface area (Å²) in [6, 6.07) is 6.12. The van der Waals surface area contributed by atoms with Gasteiger partial charge in [0.15, 0.2) is 0 Å². The number of nitrogens with zero attached hydrogens (tertiary/aromatic N) is 2. The molecule has 16 heavy (non-hydrogen) atoms. The minimum absolute atomic E-state index is 0.439. The van der Waals surface area contributed by atoms with E-state index >= 15 is 0 Å². The number of nitrogens with two attached hydrogens (primary N) is 1. The molecule has 1 heterocycles. The van der Waals surface area contributed by atoms with Crippen LogP contribution in [0.2, 0.25) is 0 Å². The molecule has 0 aliphatic carbocycles. The fraction of sp³-hybridized carbons (Fsp3) is 0.417. The second-order valence-corrected chi connectivity index (χ2v) is 4.20. The Morgan fingerprint density at radius 3 is 2.88 bits per heavy atom. The number of rotatable bonds is 3. The first-order valence-electron chi connectivity index (χ1n) is 5.27. The van der Waals surface area contributed by atoms with Crippen LogP contribution in [0.1, 0.15) is 12.5 Å². The molecule has 4 nitrogen and oxygen atoms in total. The summed E-state index contributed by atoms with van der Waals surface area (Å²) in [5, 5.41) is 0. The van der Waals surface area contributed by atoms with Crippen molar-refractivity contribution in [2.75, 3.05) is 13.7 Å². The van der Waals surface area contributed by atoms with Gasteiger partial charge in [-0.25, -0.2) is 4.98 Å². The maximum absolute atomic E-state index is 5.75. The molecule has 0 spiro atoms. The van der Waals surface area contributed by atoms with Crippen molar-refractivity contribution in [1.29, 1.82) is 0 Å². The maximum Gasteiger partial charge on any atom is 0.102 e. The van der Waals surface area contributed by atoms with Crippen molar-refractivity contribution in [3.8, 4) is 0 Å². The van der Waals surface area contributed by atoms with E-state index in [-0.39, 0.29) is 0 Å². The van der Waals surface area contributed by atoms with Crippen LogP contribution >= 0.6 is 0 Å². The van der Waals surface area contributed by atoms with Gasteiger partial charge in [-0.3, -0.25) is 0 Å². The molecule has 2 rings (SSSR count). The van der Waals surface area contributed by atoms with E-state index in [1.807, 2.05) is 36.7 Å². The van der Waals surface area contributed by atoms with Crippen LogP contribution in [0.25, 0.3) is 11.0 Å². The van der Waals surface area contributed by atoms with Gasteiger partial charge in [0.25, 0.3) is 0 Å². The van der Waals surface area contributed by atoms with Crippen LogP contribution in [-0.2, 0) is 17.4 Å². The molecule has 0 aliphatic rings. The predicted molar refractivity (Wildman–Crippen MR) is 64.1 cm³/mol. The molecule has 1 atom stereocenters. The van der Waals surface area contributed by atoms with Crippen LogP contribution in [0.4, 0.5) is 0 Å². The van der Waals surface area contributed by atoms with Gasteiger partial charge in [0.1, 0.15) is 5.60 Å². The van der Waals surface area contributed by atoms with Gasteiger partial charge in [-0.05, 0) is 24.6 Å². The molecule has 0 aliphatic heterocycles. The van der Waals surface area contributed by atoms with Crippen molar-refractivity contribution in [2.45, 2.75) is 12.5 Å². The molecule has 0 fully saturated rings. The fourth-order valence-electron chi connectivity index (χ4n) is 1.78. The highest BCUT2D eigenvalue weighted by atomic mass is 16.5. The van der Waals surface area contributed by atoms with Gasteiger partial charge in [0.05, 0.1) is 17.4 Å². The lowest BCUT2D eigenvalue weighted by atomic mass is 9.95. The summed E-state index contributed by atoms with van der Waals surface area (Å²) in [6.07, 6.45) is 1.81. The Balaban J connectivity index is 2.54. The van der Waals surface area contributed by atoms with E-state index in [9.17, 15) is 0 Å². The molecule has 1 unspecified atom stereocenters. The summed E-state index contributed by atoms with van der Waals surface area (Å²) in [4.78, 5) is 4.33. The maximum atomic E-state index is 5.75. The Hall–Kier alpha value is -1.39. The van der Waals surface area contributed by atoms with Crippen LogP contribution in [-0.4, -0.2) is 23.2 Å². The molecule has 1 aromatic heterocycles. The number of hydrogen-bond acceptors (Lipinski definition) is 3. The molecule has 86 valence electrons. The number of aryl methyl sites for hydroxylation is 1. The lowest BCUT2D eigenvalue weighted by Gasteiger charge is -2.26. The fourth-order valence-corrected chi connectivity index (χ4v) is 1.78. The Morgan fingerprint density at radius 2 is 2.25 bits per heavy atom. The van der Waals surface area contributed by atoms with Crippen LogP contribution in [0, 0.1) is 0 Å². The van der Waals surface area contributed by atoms with Crippen LogP contribution in [0.5, 0.6) is 0 Å². The summed E-state index contributed by atoms with van der Waals surface area (Å²) in [5.74, 6) is 0. The molecule has 0 bridgehead atoms. The summed E-state index contributed by atoms with van der Waals surface area (Å²) >= 11 is 0. The van der Waals surface area contributed by atoms with Gasteiger partial charge in [-0.2, -0.15) is 0 Å². The quantitative estimate of drug-likeness (QED) is 0.848. The SMILES string of the molecule is COC(C)(CN)c1ccc2c(c1)ncn2C. The summed E-state index contributed by atoms with van der Waals surface area (Å²) in [7, 11) is 3.66. The van der Waals surface area contributed by atoms with Crippen molar-refractivity contribution < 1.29 is 4.74 Å². The zero-order chi connectivity index (χ0) is 11.8. The van der Waals surface area contributed by atoms with E-state index in [0.717, 1.165) is 16.6 Å². The van der Waals surface area contributed by atoms with Crippen LogP contribution in [0.3, 0.4) is 0 Å². The van der Waals surface area contributed by atoms with Gasteiger partial charge in [-0.1, -0.05) is 6.07 Å². The standard InChI is InChI=1S/C12H17N3O/c1-12(7-13,16-3)9-4-5-11-10(6-9)14-8-15(11)2/h4-6,8H,7,13H2,1-3H3. The van der Waals surface area contributed by atoms with Crippen LogP contribution < -0.4 is 5.73 Å². The lowest BCUT2D eigenvalue weighted by molar-refractivity contribution is 0.0102.